The fourth-order valence-corrected chi connectivity index (χ4v) is 4.59. The van der Waals surface area contributed by atoms with Crippen LogP contribution in [0.4, 0.5) is 5.69 Å². The topological polar surface area (TPSA) is 68.1 Å². The van der Waals surface area contributed by atoms with Gasteiger partial charge in [0.1, 0.15) is 0 Å². The Bertz CT molecular complexity index is 608. The average Bonchev–Trinajstić information content (AvgIpc) is 2.80. The molecule has 1 aromatic carbocycles. The first-order valence-corrected chi connectivity index (χ1v) is 7.84. The third-order valence-electron chi connectivity index (χ3n) is 3.08. The number of rotatable bonds is 3. The van der Waals surface area contributed by atoms with Gasteiger partial charge in [-0.05, 0) is 25.5 Å². The molecule has 0 saturated carbocycles. The fraction of sp³-hybridized carbons (Fsp3) is 0.417. The number of nitrogens with zero attached hydrogens (tertiary/aromatic N) is 2. The van der Waals surface area contributed by atoms with Crippen molar-refractivity contribution in [1.82, 2.24) is 10.3 Å². The molecule has 1 aliphatic heterocycles. The van der Waals surface area contributed by atoms with Crippen LogP contribution < -0.4 is 5.32 Å². The van der Waals surface area contributed by atoms with Gasteiger partial charge in [-0.3, -0.25) is 10.1 Å². The van der Waals surface area contributed by atoms with E-state index in [4.69, 9.17) is 0 Å². The zero-order valence-corrected chi connectivity index (χ0v) is 11.8. The van der Waals surface area contributed by atoms with Crippen LogP contribution in [0.2, 0.25) is 0 Å². The average molecular weight is 295 g/mol. The minimum atomic E-state index is -0.378. The summed E-state index contributed by atoms with van der Waals surface area (Å²) in [6.07, 6.45) is 2.40. The van der Waals surface area contributed by atoms with Gasteiger partial charge in [-0.2, -0.15) is 0 Å². The second kappa shape index (κ2) is 5.44. The van der Waals surface area contributed by atoms with Gasteiger partial charge in [0.25, 0.3) is 5.69 Å². The summed E-state index contributed by atoms with van der Waals surface area (Å²) < 4.78 is 2.01. The highest BCUT2D eigenvalue weighted by Gasteiger charge is 2.17. The Morgan fingerprint density at radius 2 is 2.42 bits per heavy atom. The van der Waals surface area contributed by atoms with Gasteiger partial charge in [-0.15, -0.1) is 11.3 Å². The highest BCUT2D eigenvalue weighted by Crippen LogP contribution is 2.35. The Balaban J connectivity index is 1.82. The van der Waals surface area contributed by atoms with Crippen molar-refractivity contribution >= 4 is 39.0 Å². The van der Waals surface area contributed by atoms with E-state index in [0.717, 1.165) is 27.6 Å². The van der Waals surface area contributed by atoms with Crippen LogP contribution in [0.15, 0.2) is 22.5 Å². The molecule has 19 heavy (non-hydrogen) atoms. The van der Waals surface area contributed by atoms with Gasteiger partial charge in [0.2, 0.25) is 0 Å². The predicted octanol–water partition coefficient (Wildman–Crippen LogP) is 3.05. The highest BCUT2D eigenvalue weighted by molar-refractivity contribution is 8.01. The predicted molar refractivity (Wildman–Crippen MR) is 78.0 cm³/mol. The van der Waals surface area contributed by atoms with Crippen LogP contribution >= 0.6 is 23.1 Å². The number of hydrogen-bond acceptors (Lipinski definition) is 6. The Kier molecular flexibility index (Phi) is 3.67. The molecule has 0 spiro atoms. The van der Waals surface area contributed by atoms with Crippen LogP contribution in [0, 0.1) is 10.1 Å². The molecule has 1 fully saturated rings. The number of aromatic nitrogens is 1. The quantitative estimate of drug-likeness (QED) is 0.696. The lowest BCUT2D eigenvalue weighted by Gasteiger charge is -2.20. The zero-order valence-electron chi connectivity index (χ0n) is 10.2. The summed E-state index contributed by atoms with van der Waals surface area (Å²) in [6.45, 7) is 2.11. The number of benzene rings is 1. The van der Waals surface area contributed by atoms with Crippen molar-refractivity contribution < 1.29 is 4.92 Å². The molecule has 100 valence electrons. The van der Waals surface area contributed by atoms with Crippen molar-refractivity contribution in [3.05, 3.63) is 28.3 Å². The lowest BCUT2D eigenvalue weighted by molar-refractivity contribution is -0.384. The smallest absolute Gasteiger partial charge is 0.271 e. The molecule has 5 nitrogen and oxygen atoms in total. The highest BCUT2D eigenvalue weighted by atomic mass is 32.2. The van der Waals surface area contributed by atoms with Gasteiger partial charge in [0.05, 0.1) is 15.1 Å². The van der Waals surface area contributed by atoms with Gasteiger partial charge in [0.15, 0.2) is 4.34 Å². The van der Waals surface area contributed by atoms with Crippen LogP contribution in [-0.4, -0.2) is 28.2 Å². The molecule has 1 N–H and O–H groups in total. The molecular weight excluding hydrogens is 282 g/mol. The minimum absolute atomic E-state index is 0.105. The standard InChI is InChI=1S/C12H13N3O2S2/c16-15(17)8-3-4-11-10(6-8)14-12(19-11)18-9-2-1-5-13-7-9/h3-4,6,9,13H,1-2,5,7H2. The van der Waals surface area contributed by atoms with Crippen molar-refractivity contribution in [2.24, 2.45) is 0 Å². The Hall–Kier alpha value is -1.18. The van der Waals surface area contributed by atoms with Crippen molar-refractivity contribution in [3.8, 4) is 0 Å². The third-order valence-corrected chi connectivity index (χ3v) is 5.48. The summed E-state index contributed by atoms with van der Waals surface area (Å²) in [5, 5.41) is 14.7. The molecule has 2 aromatic rings. The van der Waals surface area contributed by atoms with Crippen LogP contribution in [0.1, 0.15) is 12.8 Å². The molecule has 1 atom stereocenters. The fourth-order valence-electron chi connectivity index (χ4n) is 2.12. The van der Waals surface area contributed by atoms with E-state index in [2.05, 4.69) is 10.3 Å². The maximum absolute atomic E-state index is 10.7. The number of piperidine rings is 1. The summed E-state index contributed by atoms with van der Waals surface area (Å²) >= 11 is 3.39. The van der Waals surface area contributed by atoms with Gasteiger partial charge in [0, 0.05) is 23.9 Å². The second-order valence-corrected chi connectivity index (χ2v) is 7.05. The SMILES string of the molecule is O=[N+]([O-])c1ccc2sc(SC3CCCNC3)nc2c1. The number of nitrogens with one attached hydrogen (secondary N) is 1. The van der Waals surface area contributed by atoms with Gasteiger partial charge in [-0.1, -0.05) is 11.8 Å². The Morgan fingerprint density at radius 1 is 1.53 bits per heavy atom. The molecule has 1 aliphatic rings. The van der Waals surface area contributed by atoms with E-state index < -0.39 is 0 Å². The van der Waals surface area contributed by atoms with E-state index in [-0.39, 0.29) is 10.6 Å². The lowest BCUT2D eigenvalue weighted by Crippen LogP contribution is -2.31. The molecule has 3 rings (SSSR count). The van der Waals surface area contributed by atoms with Crippen LogP contribution in [0.25, 0.3) is 10.2 Å². The Morgan fingerprint density at radius 3 is 3.16 bits per heavy atom. The van der Waals surface area contributed by atoms with E-state index in [1.807, 2.05) is 0 Å². The molecule has 0 amide bonds. The van der Waals surface area contributed by atoms with Gasteiger partial charge < -0.3 is 5.32 Å². The van der Waals surface area contributed by atoms with E-state index in [1.165, 1.54) is 18.9 Å². The first-order chi connectivity index (χ1) is 9.22. The molecule has 1 aromatic heterocycles. The zero-order chi connectivity index (χ0) is 13.2. The molecular formula is C12H13N3O2S2. The first kappa shape index (κ1) is 12.8. The molecule has 1 saturated heterocycles. The second-order valence-electron chi connectivity index (χ2n) is 4.48. The van der Waals surface area contributed by atoms with Crippen molar-refractivity contribution in [1.29, 1.82) is 0 Å². The van der Waals surface area contributed by atoms with Crippen molar-refractivity contribution in [3.63, 3.8) is 0 Å². The van der Waals surface area contributed by atoms with Crippen molar-refractivity contribution in [2.75, 3.05) is 13.1 Å². The number of nitro benzene ring substituents is 1. The number of hydrogen-bond donors (Lipinski definition) is 1. The monoisotopic (exact) mass is 295 g/mol. The van der Waals surface area contributed by atoms with Gasteiger partial charge >= 0.3 is 0 Å². The maximum Gasteiger partial charge on any atom is 0.271 e. The normalized spacial score (nSPS) is 19.7. The van der Waals surface area contributed by atoms with Crippen LogP contribution in [0.5, 0.6) is 0 Å². The number of fused-ring (bicyclic) bond motifs is 1. The third kappa shape index (κ3) is 2.88. The molecule has 0 bridgehead atoms. The summed E-state index contributed by atoms with van der Waals surface area (Å²) in [6, 6.07) is 4.88. The van der Waals surface area contributed by atoms with Crippen LogP contribution in [0.3, 0.4) is 0 Å². The number of thioether (sulfide) groups is 1. The van der Waals surface area contributed by atoms with Crippen molar-refractivity contribution in [2.45, 2.75) is 22.4 Å². The molecule has 1 unspecified atom stereocenters. The maximum atomic E-state index is 10.7. The summed E-state index contributed by atoms with van der Waals surface area (Å²) in [5.41, 5.74) is 0.833. The van der Waals surface area contributed by atoms with E-state index >= 15 is 0 Å². The first-order valence-electron chi connectivity index (χ1n) is 6.15. The van der Waals surface area contributed by atoms with E-state index in [1.54, 1.807) is 35.2 Å². The van der Waals surface area contributed by atoms with E-state index in [0.29, 0.717) is 5.25 Å². The molecule has 2 heterocycles. The summed E-state index contributed by atoms with van der Waals surface area (Å²) in [4.78, 5) is 14.9. The number of nitro groups is 1. The minimum Gasteiger partial charge on any atom is -0.316 e. The van der Waals surface area contributed by atoms with E-state index in [9.17, 15) is 10.1 Å². The molecule has 0 aliphatic carbocycles. The number of non-ortho nitro benzene ring substituents is 1. The summed E-state index contributed by atoms with van der Waals surface area (Å²) in [7, 11) is 0. The largest absolute Gasteiger partial charge is 0.316 e. The summed E-state index contributed by atoms with van der Waals surface area (Å²) in [5.74, 6) is 0. The molecule has 0 radical (unpaired) electrons. The number of thiazole rings is 1. The van der Waals surface area contributed by atoms with Gasteiger partial charge in [-0.25, -0.2) is 4.98 Å². The molecule has 7 heteroatoms. The Labute approximate surface area is 118 Å². The lowest BCUT2D eigenvalue weighted by atomic mass is 10.2. The van der Waals surface area contributed by atoms with Crippen LogP contribution in [-0.2, 0) is 0 Å².